The molecule has 33 heavy (non-hydrogen) atoms. The molecule has 0 aliphatic carbocycles. The van der Waals surface area contributed by atoms with E-state index >= 15 is 0 Å². The molecule has 7 heteroatoms. The fraction of sp³-hybridized carbons (Fsp3) is 0.385. The number of carbonyl (C=O) groups excluding carboxylic acids is 2. The molecule has 2 aromatic carbocycles. The molecule has 3 aromatic rings. The lowest BCUT2D eigenvalue weighted by Gasteiger charge is -2.32. The molecule has 174 valence electrons. The summed E-state index contributed by atoms with van der Waals surface area (Å²) in [4.78, 5) is 30.4. The molecule has 2 N–H and O–H groups in total. The number of H-pyrrole nitrogens is 1. The fourth-order valence-corrected chi connectivity index (χ4v) is 4.31. The SMILES string of the molecule is COc1ccc2[nH]cc(C3CCN(C(=O)c4cccc(NC(=O)OC(C)(C)C)c4)CC3)c2c1. The van der Waals surface area contributed by atoms with E-state index in [1.165, 1.54) is 10.9 Å². The van der Waals surface area contributed by atoms with Crippen molar-refractivity contribution in [3.63, 3.8) is 0 Å². The number of piperidine rings is 1. The van der Waals surface area contributed by atoms with Gasteiger partial charge in [0.2, 0.25) is 0 Å². The zero-order valence-electron chi connectivity index (χ0n) is 19.6. The zero-order valence-corrected chi connectivity index (χ0v) is 19.6. The average Bonchev–Trinajstić information content (AvgIpc) is 3.20. The number of aromatic nitrogens is 1. The largest absolute Gasteiger partial charge is 0.497 e. The van der Waals surface area contributed by atoms with Crippen LogP contribution in [0, 0.1) is 0 Å². The number of anilines is 1. The smallest absolute Gasteiger partial charge is 0.412 e. The number of nitrogens with zero attached hydrogens (tertiary/aromatic N) is 1. The van der Waals surface area contributed by atoms with Gasteiger partial charge in [-0.05, 0) is 81.5 Å². The molecule has 2 heterocycles. The average molecular weight is 450 g/mol. The molecular weight excluding hydrogens is 418 g/mol. The van der Waals surface area contributed by atoms with Gasteiger partial charge in [0.25, 0.3) is 5.91 Å². The summed E-state index contributed by atoms with van der Waals surface area (Å²) in [6.07, 6.45) is 3.33. The van der Waals surface area contributed by atoms with Crippen molar-refractivity contribution in [3.05, 3.63) is 59.8 Å². The quantitative estimate of drug-likeness (QED) is 0.547. The molecule has 0 unspecified atom stereocenters. The molecule has 2 amide bonds. The number of fused-ring (bicyclic) bond motifs is 1. The van der Waals surface area contributed by atoms with Gasteiger partial charge in [0.15, 0.2) is 0 Å². The second kappa shape index (κ2) is 9.17. The summed E-state index contributed by atoms with van der Waals surface area (Å²) in [5.41, 5.74) is 2.88. The number of likely N-dealkylation sites (tertiary alicyclic amines) is 1. The number of carbonyl (C=O) groups is 2. The molecule has 1 aliphatic heterocycles. The first kappa shape index (κ1) is 22.7. The molecule has 0 radical (unpaired) electrons. The van der Waals surface area contributed by atoms with Gasteiger partial charge in [-0.3, -0.25) is 10.1 Å². The van der Waals surface area contributed by atoms with Crippen LogP contribution >= 0.6 is 0 Å². The summed E-state index contributed by atoms with van der Waals surface area (Å²) in [5, 5.41) is 3.88. The predicted molar refractivity (Wildman–Crippen MR) is 129 cm³/mol. The summed E-state index contributed by atoms with van der Waals surface area (Å²) in [6.45, 7) is 6.79. The number of hydrogen-bond donors (Lipinski definition) is 2. The number of nitrogens with one attached hydrogen (secondary N) is 2. The standard InChI is InChI=1S/C26H31N3O4/c1-26(2,3)33-25(31)28-19-7-5-6-18(14-19)24(30)29-12-10-17(11-13-29)22-16-27-23-9-8-20(32-4)15-21(22)23/h5-9,14-17,27H,10-13H2,1-4H3,(H,28,31). The molecular formula is C26H31N3O4. The highest BCUT2D eigenvalue weighted by atomic mass is 16.6. The first-order valence-corrected chi connectivity index (χ1v) is 11.3. The topological polar surface area (TPSA) is 83.7 Å². The van der Waals surface area contributed by atoms with Crippen LogP contribution in [0.25, 0.3) is 10.9 Å². The Morgan fingerprint density at radius 1 is 1.09 bits per heavy atom. The van der Waals surface area contributed by atoms with Crippen LogP contribution in [-0.2, 0) is 4.74 Å². The van der Waals surface area contributed by atoms with Gasteiger partial charge in [-0.25, -0.2) is 4.79 Å². The molecule has 0 saturated carbocycles. The van der Waals surface area contributed by atoms with E-state index < -0.39 is 11.7 Å². The highest BCUT2D eigenvalue weighted by Crippen LogP contribution is 2.35. The van der Waals surface area contributed by atoms with E-state index in [0.717, 1.165) is 24.1 Å². The number of hydrogen-bond acceptors (Lipinski definition) is 4. The van der Waals surface area contributed by atoms with Crippen LogP contribution in [0.4, 0.5) is 10.5 Å². The van der Waals surface area contributed by atoms with Gasteiger partial charge in [0.05, 0.1) is 7.11 Å². The second-order valence-electron chi connectivity index (χ2n) is 9.43. The lowest BCUT2D eigenvalue weighted by atomic mass is 9.89. The van der Waals surface area contributed by atoms with Crippen LogP contribution in [0.5, 0.6) is 5.75 Å². The zero-order chi connectivity index (χ0) is 23.6. The first-order chi connectivity index (χ1) is 15.7. The van der Waals surface area contributed by atoms with Crippen molar-refractivity contribution < 1.29 is 19.1 Å². The molecule has 4 rings (SSSR count). The Kier molecular flexibility index (Phi) is 6.31. The van der Waals surface area contributed by atoms with Gasteiger partial charge in [-0.1, -0.05) is 6.07 Å². The first-order valence-electron chi connectivity index (χ1n) is 11.3. The number of methoxy groups -OCH3 is 1. The lowest BCUT2D eigenvalue weighted by molar-refractivity contribution is 0.0634. The maximum Gasteiger partial charge on any atom is 0.412 e. The fourth-order valence-electron chi connectivity index (χ4n) is 4.31. The molecule has 1 aromatic heterocycles. The molecule has 0 spiro atoms. The highest BCUT2D eigenvalue weighted by Gasteiger charge is 2.26. The Labute approximate surface area is 194 Å². The number of amides is 2. The molecule has 7 nitrogen and oxygen atoms in total. The van der Waals surface area contributed by atoms with Gasteiger partial charge < -0.3 is 19.4 Å². The van der Waals surface area contributed by atoms with Crippen LogP contribution in [0.15, 0.2) is 48.7 Å². The van der Waals surface area contributed by atoms with E-state index in [9.17, 15) is 9.59 Å². The van der Waals surface area contributed by atoms with E-state index in [2.05, 4.69) is 22.6 Å². The lowest BCUT2D eigenvalue weighted by Crippen LogP contribution is -2.38. The third kappa shape index (κ3) is 5.30. The number of rotatable bonds is 4. The molecule has 1 aliphatic rings. The van der Waals surface area contributed by atoms with Crippen molar-refractivity contribution >= 4 is 28.6 Å². The van der Waals surface area contributed by atoms with Gasteiger partial charge in [0.1, 0.15) is 11.4 Å². The predicted octanol–water partition coefficient (Wildman–Crippen LogP) is 5.54. The van der Waals surface area contributed by atoms with Gasteiger partial charge >= 0.3 is 6.09 Å². The molecule has 1 fully saturated rings. The van der Waals surface area contributed by atoms with E-state index in [-0.39, 0.29) is 5.91 Å². The maximum atomic E-state index is 13.1. The van der Waals surface area contributed by atoms with Crippen LogP contribution < -0.4 is 10.1 Å². The third-order valence-electron chi connectivity index (χ3n) is 5.90. The van der Waals surface area contributed by atoms with E-state index in [1.54, 1.807) is 31.4 Å². The summed E-state index contributed by atoms with van der Waals surface area (Å²) in [5.74, 6) is 1.20. The minimum Gasteiger partial charge on any atom is -0.497 e. The number of aromatic amines is 1. The number of benzene rings is 2. The van der Waals surface area contributed by atoms with Crippen molar-refractivity contribution in [2.24, 2.45) is 0 Å². The van der Waals surface area contributed by atoms with Crippen molar-refractivity contribution in [2.75, 3.05) is 25.5 Å². The van der Waals surface area contributed by atoms with E-state index in [4.69, 9.17) is 9.47 Å². The Morgan fingerprint density at radius 3 is 2.55 bits per heavy atom. The third-order valence-corrected chi connectivity index (χ3v) is 5.90. The summed E-state index contributed by atoms with van der Waals surface area (Å²) < 4.78 is 10.7. The van der Waals surface area contributed by atoms with Crippen molar-refractivity contribution in [1.82, 2.24) is 9.88 Å². The van der Waals surface area contributed by atoms with Crippen molar-refractivity contribution in [2.45, 2.75) is 45.1 Å². The molecule has 0 bridgehead atoms. The Balaban J connectivity index is 1.40. The maximum absolute atomic E-state index is 13.1. The summed E-state index contributed by atoms with van der Waals surface area (Å²) in [6, 6.07) is 13.1. The van der Waals surface area contributed by atoms with Crippen LogP contribution in [0.1, 0.15) is 55.5 Å². The second-order valence-corrected chi connectivity index (χ2v) is 9.43. The Morgan fingerprint density at radius 2 is 1.85 bits per heavy atom. The Hall–Kier alpha value is -3.48. The van der Waals surface area contributed by atoms with Gasteiger partial charge in [-0.2, -0.15) is 0 Å². The van der Waals surface area contributed by atoms with Gasteiger partial charge in [0, 0.05) is 41.4 Å². The summed E-state index contributed by atoms with van der Waals surface area (Å²) >= 11 is 0. The monoisotopic (exact) mass is 449 g/mol. The molecule has 0 atom stereocenters. The minimum absolute atomic E-state index is 0.0260. The van der Waals surface area contributed by atoms with Crippen molar-refractivity contribution in [3.8, 4) is 5.75 Å². The van der Waals surface area contributed by atoms with E-state index in [0.29, 0.717) is 30.3 Å². The molecule has 1 saturated heterocycles. The minimum atomic E-state index is -0.586. The normalized spacial score (nSPS) is 14.8. The number of ether oxygens (including phenoxy) is 2. The van der Waals surface area contributed by atoms with Crippen LogP contribution in [0.3, 0.4) is 0 Å². The van der Waals surface area contributed by atoms with E-state index in [1.807, 2.05) is 37.8 Å². The highest BCUT2D eigenvalue weighted by molar-refractivity contribution is 5.96. The Bertz CT molecular complexity index is 1150. The van der Waals surface area contributed by atoms with Crippen molar-refractivity contribution in [1.29, 1.82) is 0 Å². The summed E-state index contributed by atoms with van der Waals surface area (Å²) in [7, 11) is 1.68. The van der Waals surface area contributed by atoms with Crippen LogP contribution in [0.2, 0.25) is 0 Å². The van der Waals surface area contributed by atoms with Crippen LogP contribution in [-0.4, -0.2) is 47.7 Å². The van der Waals surface area contributed by atoms with Gasteiger partial charge in [-0.15, -0.1) is 0 Å².